The van der Waals surface area contributed by atoms with E-state index in [1.807, 2.05) is 18.3 Å². The van der Waals surface area contributed by atoms with Crippen molar-refractivity contribution in [3.05, 3.63) is 24.3 Å². The van der Waals surface area contributed by atoms with Gasteiger partial charge in [0.2, 0.25) is 11.8 Å². The lowest BCUT2D eigenvalue weighted by Crippen LogP contribution is -2.53. The van der Waals surface area contributed by atoms with Crippen molar-refractivity contribution in [3.63, 3.8) is 0 Å². The van der Waals surface area contributed by atoms with E-state index >= 15 is 0 Å². The van der Waals surface area contributed by atoms with Crippen LogP contribution >= 0.6 is 11.8 Å². The van der Waals surface area contributed by atoms with E-state index in [9.17, 15) is 22.8 Å². The summed E-state index contributed by atoms with van der Waals surface area (Å²) in [6.45, 7) is 2.00. The smallest absolute Gasteiger partial charge is 0.344 e. The van der Waals surface area contributed by atoms with Gasteiger partial charge in [0, 0.05) is 10.6 Å². The van der Waals surface area contributed by atoms with E-state index in [-0.39, 0.29) is 12.8 Å². The molecule has 23 heavy (non-hydrogen) atoms. The number of anilines is 1. The molecule has 0 aliphatic carbocycles. The highest BCUT2D eigenvalue weighted by atomic mass is 32.2. The number of alkyl halides is 3. The van der Waals surface area contributed by atoms with Crippen molar-refractivity contribution in [3.8, 4) is 0 Å². The number of thioether (sulfide) groups is 1. The first-order chi connectivity index (χ1) is 10.8. The van der Waals surface area contributed by atoms with E-state index in [0.717, 1.165) is 10.6 Å². The zero-order valence-corrected chi connectivity index (χ0v) is 13.3. The van der Waals surface area contributed by atoms with Crippen LogP contribution in [0.3, 0.4) is 0 Å². The standard InChI is InChI=1S/C15H17F3N2O2S/c1-2-23-10-5-3-4-9(8-10)19-13(21)11-6-7-12(15(16,17)18)20-14(11)22/h3-5,8,11-12H,2,6-7H2,1H3,(H,19,21)(H,20,22)/t11-,12-/m1/s1. The Labute approximate surface area is 136 Å². The zero-order chi connectivity index (χ0) is 17.0. The fourth-order valence-corrected chi connectivity index (χ4v) is 3.08. The number of benzene rings is 1. The minimum absolute atomic E-state index is 0.120. The number of halogens is 3. The van der Waals surface area contributed by atoms with Gasteiger partial charge in [0.05, 0.1) is 0 Å². The average Bonchev–Trinajstić information content (AvgIpc) is 2.46. The molecule has 0 spiro atoms. The SMILES string of the molecule is CCSc1cccc(NC(=O)[C@H]2CC[C@H](C(F)(F)F)NC2=O)c1. The summed E-state index contributed by atoms with van der Waals surface area (Å²) >= 11 is 1.60. The Morgan fingerprint density at radius 1 is 1.39 bits per heavy atom. The van der Waals surface area contributed by atoms with Gasteiger partial charge >= 0.3 is 6.18 Å². The molecule has 1 aromatic rings. The molecule has 2 rings (SSSR count). The maximum Gasteiger partial charge on any atom is 0.408 e. The van der Waals surface area contributed by atoms with E-state index in [4.69, 9.17) is 0 Å². The molecular formula is C15H17F3N2O2S. The Kier molecular flexibility index (Phi) is 5.56. The third-order valence-electron chi connectivity index (χ3n) is 3.50. The third-order valence-corrected chi connectivity index (χ3v) is 4.38. The molecule has 2 amide bonds. The van der Waals surface area contributed by atoms with Gasteiger partial charge in [-0.25, -0.2) is 0 Å². The van der Waals surface area contributed by atoms with Crippen molar-refractivity contribution in [2.75, 3.05) is 11.1 Å². The molecule has 1 fully saturated rings. The highest BCUT2D eigenvalue weighted by Gasteiger charge is 2.45. The Morgan fingerprint density at radius 3 is 2.74 bits per heavy atom. The first kappa shape index (κ1) is 17.7. The summed E-state index contributed by atoms with van der Waals surface area (Å²) in [5.74, 6) is -1.69. The van der Waals surface area contributed by atoms with E-state index in [1.54, 1.807) is 30.0 Å². The molecule has 1 aliphatic rings. The maximum absolute atomic E-state index is 12.6. The lowest BCUT2D eigenvalue weighted by molar-refractivity contribution is -0.170. The maximum atomic E-state index is 12.6. The minimum atomic E-state index is -4.48. The third kappa shape index (κ3) is 4.63. The largest absolute Gasteiger partial charge is 0.408 e. The van der Waals surface area contributed by atoms with Crippen molar-refractivity contribution < 1.29 is 22.8 Å². The number of carbonyl (C=O) groups is 2. The van der Waals surface area contributed by atoms with Crippen LogP contribution in [0.15, 0.2) is 29.2 Å². The van der Waals surface area contributed by atoms with Crippen LogP contribution in [-0.4, -0.2) is 29.8 Å². The summed E-state index contributed by atoms with van der Waals surface area (Å²) in [7, 11) is 0. The monoisotopic (exact) mass is 346 g/mol. The molecule has 2 N–H and O–H groups in total. The van der Waals surface area contributed by atoms with E-state index in [0.29, 0.717) is 5.69 Å². The topological polar surface area (TPSA) is 58.2 Å². The molecule has 0 aromatic heterocycles. The molecule has 1 saturated heterocycles. The predicted octanol–water partition coefficient (Wildman–Crippen LogP) is 3.19. The summed E-state index contributed by atoms with van der Waals surface area (Å²) in [5, 5.41) is 4.48. The van der Waals surface area contributed by atoms with Crippen LogP contribution in [0, 0.1) is 5.92 Å². The van der Waals surface area contributed by atoms with Crippen molar-refractivity contribution in [2.45, 2.75) is 36.9 Å². The first-order valence-corrected chi connectivity index (χ1v) is 8.20. The van der Waals surface area contributed by atoms with E-state index < -0.39 is 30.0 Å². The van der Waals surface area contributed by atoms with Crippen molar-refractivity contribution in [2.24, 2.45) is 5.92 Å². The average molecular weight is 346 g/mol. The Hall–Kier alpha value is -1.70. The quantitative estimate of drug-likeness (QED) is 0.650. The molecule has 8 heteroatoms. The number of hydrogen-bond acceptors (Lipinski definition) is 3. The van der Waals surface area contributed by atoms with Crippen LogP contribution in [0.2, 0.25) is 0 Å². The highest BCUT2D eigenvalue weighted by molar-refractivity contribution is 7.99. The summed E-state index contributed by atoms with van der Waals surface area (Å²) < 4.78 is 37.8. The predicted molar refractivity (Wildman–Crippen MR) is 82.2 cm³/mol. The Balaban J connectivity index is 1.99. The minimum Gasteiger partial charge on any atom is -0.344 e. The number of piperidine rings is 1. The highest BCUT2D eigenvalue weighted by Crippen LogP contribution is 2.29. The van der Waals surface area contributed by atoms with Gasteiger partial charge in [-0.1, -0.05) is 13.0 Å². The lowest BCUT2D eigenvalue weighted by Gasteiger charge is -2.29. The van der Waals surface area contributed by atoms with Gasteiger partial charge in [0.15, 0.2) is 0 Å². The van der Waals surface area contributed by atoms with Gasteiger partial charge in [-0.05, 0) is 36.8 Å². The Morgan fingerprint density at radius 2 is 2.13 bits per heavy atom. The number of rotatable bonds is 4. The Bertz CT molecular complexity index is 592. The molecule has 126 valence electrons. The normalized spacial score (nSPS) is 21.7. The molecule has 4 nitrogen and oxygen atoms in total. The molecule has 0 saturated carbocycles. The van der Waals surface area contributed by atoms with Crippen molar-refractivity contribution in [1.82, 2.24) is 5.32 Å². The van der Waals surface area contributed by atoms with Crippen LogP contribution < -0.4 is 10.6 Å². The molecule has 1 aliphatic heterocycles. The van der Waals surface area contributed by atoms with Crippen LogP contribution in [0.5, 0.6) is 0 Å². The first-order valence-electron chi connectivity index (χ1n) is 7.22. The van der Waals surface area contributed by atoms with Crippen LogP contribution in [0.1, 0.15) is 19.8 Å². The summed E-state index contributed by atoms with van der Waals surface area (Å²) in [6.07, 6.45) is -4.90. The second kappa shape index (κ2) is 7.25. The van der Waals surface area contributed by atoms with Crippen molar-refractivity contribution >= 4 is 29.3 Å². The van der Waals surface area contributed by atoms with Gasteiger partial charge in [-0.15, -0.1) is 11.8 Å². The molecule has 0 bridgehead atoms. The number of hydrogen-bond donors (Lipinski definition) is 2. The summed E-state index contributed by atoms with van der Waals surface area (Å²) in [6, 6.07) is 5.24. The van der Waals surface area contributed by atoms with Crippen LogP contribution in [0.25, 0.3) is 0 Å². The number of carbonyl (C=O) groups excluding carboxylic acids is 2. The van der Waals surface area contributed by atoms with Gasteiger partial charge in [-0.3, -0.25) is 9.59 Å². The second-order valence-electron chi connectivity index (χ2n) is 5.18. The summed E-state index contributed by atoms with van der Waals surface area (Å²) in [4.78, 5) is 24.9. The number of nitrogens with one attached hydrogen (secondary N) is 2. The molecule has 1 heterocycles. The van der Waals surface area contributed by atoms with Gasteiger partial charge in [0.1, 0.15) is 12.0 Å². The number of amides is 2. The van der Waals surface area contributed by atoms with Gasteiger partial charge < -0.3 is 10.6 Å². The molecule has 0 unspecified atom stereocenters. The fraction of sp³-hybridized carbons (Fsp3) is 0.467. The zero-order valence-electron chi connectivity index (χ0n) is 12.4. The van der Waals surface area contributed by atoms with Crippen LogP contribution in [0.4, 0.5) is 18.9 Å². The summed E-state index contributed by atoms with van der Waals surface area (Å²) in [5.41, 5.74) is 0.527. The lowest BCUT2D eigenvalue weighted by atomic mass is 9.92. The van der Waals surface area contributed by atoms with Gasteiger partial charge in [-0.2, -0.15) is 13.2 Å². The molecular weight excluding hydrogens is 329 g/mol. The van der Waals surface area contributed by atoms with Crippen molar-refractivity contribution in [1.29, 1.82) is 0 Å². The van der Waals surface area contributed by atoms with E-state index in [2.05, 4.69) is 5.32 Å². The van der Waals surface area contributed by atoms with Crippen LogP contribution in [-0.2, 0) is 9.59 Å². The van der Waals surface area contributed by atoms with Gasteiger partial charge in [0.25, 0.3) is 0 Å². The fourth-order valence-electron chi connectivity index (χ4n) is 2.36. The second-order valence-corrected chi connectivity index (χ2v) is 6.52. The molecule has 0 radical (unpaired) electrons. The molecule has 2 atom stereocenters. The molecule has 1 aromatic carbocycles. The van der Waals surface area contributed by atoms with E-state index in [1.165, 1.54) is 0 Å².